The van der Waals surface area contributed by atoms with Gasteiger partial charge in [0.25, 0.3) is 17.9 Å². The maximum Gasteiger partial charge on any atom is 0.431 e. The van der Waals surface area contributed by atoms with Gasteiger partial charge < -0.3 is 5.32 Å². The smallest absolute Gasteiger partial charge is 0.320 e. The third-order valence-corrected chi connectivity index (χ3v) is 4.71. The molecule has 0 atom stereocenters. The van der Waals surface area contributed by atoms with E-state index in [0.29, 0.717) is 4.57 Å². The summed E-state index contributed by atoms with van der Waals surface area (Å²) < 4.78 is 67.0. The molecule has 0 spiro atoms. The van der Waals surface area contributed by atoms with Crippen LogP contribution in [0.15, 0.2) is 40.1 Å². The number of aromatic nitrogens is 4. The fraction of sp³-hybridized carbons (Fsp3) is 0.222. The van der Waals surface area contributed by atoms with Crippen molar-refractivity contribution >= 4 is 23.2 Å². The molecule has 1 N–H and O–H groups in total. The van der Waals surface area contributed by atoms with Crippen molar-refractivity contribution in [1.29, 1.82) is 0 Å². The molecular formula is C18H13ClF5N5O3. The number of nitrogens with one attached hydrogen (secondary N) is 1. The number of carbonyl (C=O) groups excluding carboxylic acids is 1. The number of benzene rings is 1. The van der Waals surface area contributed by atoms with Crippen molar-refractivity contribution in [2.75, 3.05) is 5.32 Å². The van der Waals surface area contributed by atoms with Crippen LogP contribution >= 0.6 is 11.6 Å². The molecule has 32 heavy (non-hydrogen) atoms. The van der Waals surface area contributed by atoms with Crippen LogP contribution in [0.1, 0.15) is 28.2 Å². The zero-order chi connectivity index (χ0) is 24.0. The van der Waals surface area contributed by atoms with E-state index in [1.54, 1.807) is 0 Å². The van der Waals surface area contributed by atoms with Crippen LogP contribution in [-0.4, -0.2) is 24.8 Å². The van der Waals surface area contributed by atoms with Gasteiger partial charge in [0.2, 0.25) is 0 Å². The average Bonchev–Trinajstić information content (AvgIpc) is 3.08. The zero-order valence-corrected chi connectivity index (χ0v) is 17.0. The summed E-state index contributed by atoms with van der Waals surface area (Å²) in [5.41, 5.74) is -5.60. The Labute approximate surface area is 180 Å². The van der Waals surface area contributed by atoms with E-state index in [4.69, 9.17) is 11.6 Å². The van der Waals surface area contributed by atoms with Gasteiger partial charge in [0.15, 0.2) is 0 Å². The molecule has 3 rings (SSSR count). The lowest BCUT2D eigenvalue weighted by molar-refractivity contribution is -0.144. The van der Waals surface area contributed by atoms with Crippen LogP contribution in [0.4, 0.5) is 27.6 Å². The minimum Gasteiger partial charge on any atom is -0.320 e. The minimum absolute atomic E-state index is 0.0821. The Bertz CT molecular complexity index is 1330. The summed E-state index contributed by atoms with van der Waals surface area (Å²) in [5.74, 6) is -1.000. The second kappa shape index (κ2) is 8.22. The number of carbonyl (C=O) groups is 1. The highest BCUT2D eigenvalue weighted by atomic mass is 35.5. The van der Waals surface area contributed by atoms with Gasteiger partial charge in [-0.05, 0) is 18.2 Å². The summed E-state index contributed by atoms with van der Waals surface area (Å²) in [6, 6.07) is 3.64. The number of halogens is 6. The van der Waals surface area contributed by atoms with E-state index in [1.165, 1.54) is 19.2 Å². The highest BCUT2D eigenvalue weighted by molar-refractivity contribution is 6.34. The van der Waals surface area contributed by atoms with Crippen LogP contribution in [0.3, 0.4) is 0 Å². The molecule has 0 aliphatic rings. The monoisotopic (exact) mass is 477 g/mol. The van der Waals surface area contributed by atoms with E-state index >= 15 is 0 Å². The van der Waals surface area contributed by atoms with Gasteiger partial charge in [-0.2, -0.15) is 18.3 Å². The lowest BCUT2D eigenvalue weighted by Crippen LogP contribution is -2.40. The molecule has 0 radical (unpaired) electrons. The van der Waals surface area contributed by atoms with Gasteiger partial charge in [0.05, 0.1) is 22.0 Å². The summed E-state index contributed by atoms with van der Waals surface area (Å²) in [7, 11) is 2.18. The van der Waals surface area contributed by atoms with Crippen LogP contribution < -0.4 is 16.6 Å². The normalized spacial score (nSPS) is 11.8. The van der Waals surface area contributed by atoms with E-state index in [9.17, 15) is 36.3 Å². The molecule has 0 unspecified atom stereocenters. The first-order chi connectivity index (χ1) is 14.8. The van der Waals surface area contributed by atoms with Gasteiger partial charge in [-0.1, -0.05) is 11.6 Å². The number of amides is 1. The average molecular weight is 478 g/mol. The van der Waals surface area contributed by atoms with E-state index < -0.39 is 46.7 Å². The summed E-state index contributed by atoms with van der Waals surface area (Å²) in [4.78, 5) is 37.2. The maximum absolute atomic E-state index is 13.1. The second-order valence-electron chi connectivity index (χ2n) is 6.56. The molecule has 0 aliphatic carbocycles. The van der Waals surface area contributed by atoms with Crippen molar-refractivity contribution in [2.45, 2.75) is 12.6 Å². The number of hydrogen-bond donors (Lipinski definition) is 1. The number of rotatable bonds is 4. The van der Waals surface area contributed by atoms with Gasteiger partial charge >= 0.3 is 11.9 Å². The number of anilines is 1. The van der Waals surface area contributed by atoms with Gasteiger partial charge in [0, 0.05) is 26.4 Å². The van der Waals surface area contributed by atoms with Gasteiger partial charge in [-0.3, -0.25) is 18.8 Å². The van der Waals surface area contributed by atoms with Crippen molar-refractivity contribution in [3.63, 3.8) is 0 Å². The Kier molecular flexibility index (Phi) is 5.96. The SMILES string of the molecule is Cn1cc(C(=O)Nc2cc(-n3c(=O)cc(C(F)(F)F)n(C)c3=O)ccc2Cl)c(C(F)F)n1. The molecule has 1 aromatic carbocycles. The van der Waals surface area contributed by atoms with Crippen LogP contribution in [0.2, 0.25) is 5.02 Å². The first-order valence-corrected chi connectivity index (χ1v) is 9.02. The summed E-state index contributed by atoms with van der Waals surface area (Å²) in [6.07, 6.45) is -6.91. The lowest BCUT2D eigenvalue weighted by Gasteiger charge is -2.15. The Morgan fingerprint density at radius 2 is 1.81 bits per heavy atom. The molecular weight excluding hydrogens is 465 g/mol. The van der Waals surface area contributed by atoms with Crippen LogP contribution in [-0.2, 0) is 20.3 Å². The Balaban J connectivity index is 2.06. The summed E-state index contributed by atoms with van der Waals surface area (Å²) in [5, 5.41) is 5.70. The summed E-state index contributed by atoms with van der Waals surface area (Å²) in [6.45, 7) is 0. The van der Waals surface area contributed by atoms with Crippen molar-refractivity contribution in [3.8, 4) is 5.69 Å². The largest absolute Gasteiger partial charge is 0.431 e. The Hall–Kier alpha value is -3.48. The first-order valence-electron chi connectivity index (χ1n) is 8.64. The van der Waals surface area contributed by atoms with E-state index in [1.807, 2.05) is 0 Å². The van der Waals surface area contributed by atoms with Gasteiger partial charge in [-0.25, -0.2) is 18.1 Å². The highest BCUT2D eigenvalue weighted by Crippen LogP contribution is 2.28. The maximum atomic E-state index is 13.1. The van der Waals surface area contributed by atoms with E-state index in [2.05, 4.69) is 10.4 Å². The van der Waals surface area contributed by atoms with Crippen molar-refractivity contribution in [1.82, 2.24) is 18.9 Å². The molecule has 3 aromatic rings. The number of hydrogen-bond acceptors (Lipinski definition) is 4. The predicted octanol–water partition coefficient (Wildman–Crippen LogP) is 3.13. The van der Waals surface area contributed by atoms with Gasteiger partial charge in [0.1, 0.15) is 11.4 Å². The van der Waals surface area contributed by atoms with Crippen molar-refractivity contribution < 1.29 is 26.7 Å². The minimum atomic E-state index is -4.93. The second-order valence-corrected chi connectivity index (χ2v) is 6.97. The molecule has 170 valence electrons. The molecule has 14 heteroatoms. The molecule has 0 fully saturated rings. The molecule has 0 saturated heterocycles. The standard InChI is InChI=1S/C18H13ClF5N5O3/c1-27-7-9(14(26-27)15(20)21)16(31)25-11-5-8(3-4-10(11)19)29-13(30)6-12(18(22,23)24)28(2)17(29)32/h3-7,15H,1-2H3,(H,25,31). The lowest BCUT2D eigenvalue weighted by atomic mass is 10.2. The van der Waals surface area contributed by atoms with Gasteiger partial charge in [-0.15, -0.1) is 0 Å². The van der Waals surface area contributed by atoms with Crippen LogP contribution in [0.5, 0.6) is 0 Å². The van der Waals surface area contributed by atoms with Crippen molar-refractivity contribution in [2.24, 2.45) is 14.1 Å². The molecule has 1 amide bonds. The third-order valence-electron chi connectivity index (χ3n) is 4.38. The number of aryl methyl sites for hydroxylation is 1. The highest BCUT2D eigenvalue weighted by Gasteiger charge is 2.35. The molecule has 0 aliphatic heterocycles. The molecule has 2 heterocycles. The predicted molar refractivity (Wildman–Crippen MR) is 103 cm³/mol. The summed E-state index contributed by atoms with van der Waals surface area (Å²) >= 11 is 6.02. The number of alkyl halides is 5. The van der Waals surface area contributed by atoms with E-state index in [-0.39, 0.29) is 27.0 Å². The van der Waals surface area contributed by atoms with Crippen molar-refractivity contribution in [3.05, 3.63) is 73.3 Å². The topological polar surface area (TPSA) is 90.9 Å². The van der Waals surface area contributed by atoms with E-state index in [0.717, 1.165) is 24.0 Å². The molecule has 2 aromatic heterocycles. The third kappa shape index (κ3) is 4.28. The zero-order valence-electron chi connectivity index (χ0n) is 16.2. The fourth-order valence-corrected chi connectivity index (χ4v) is 3.08. The Morgan fingerprint density at radius 1 is 1.16 bits per heavy atom. The van der Waals surface area contributed by atoms with Crippen LogP contribution in [0.25, 0.3) is 5.69 Å². The number of nitrogens with zero attached hydrogens (tertiary/aromatic N) is 4. The first kappa shape index (κ1) is 23.2. The molecule has 0 bridgehead atoms. The van der Waals surface area contributed by atoms with Crippen LogP contribution in [0, 0.1) is 0 Å². The quantitative estimate of drug-likeness (QED) is 0.585. The molecule has 8 nitrogen and oxygen atoms in total. The fourth-order valence-electron chi connectivity index (χ4n) is 2.91. The Morgan fingerprint density at radius 3 is 2.41 bits per heavy atom. The molecule has 0 saturated carbocycles.